The van der Waals surface area contributed by atoms with Gasteiger partial charge in [-0.3, -0.25) is 9.55 Å². The van der Waals surface area contributed by atoms with Gasteiger partial charge in [0.1, 0.15) is 18.2 Å². The minimum Gasteiger partial charge on any atom is -0.473 e. The maximum atomic E-state index is 14.4. The third kappa shape index (κ3) is 4.03. The van der Waals surface area contributed by atoms with Crippen molar-refractivity contribution in [3.63, 3.8) is 0 Å². The number of benzene rings is 1. The number of hydrogen-bond donors (Lipinski definition) is 1. The molecule has 0 radical (unpaired) electrons. The van der Waals surface area contributed by atoms with Crippen molar-refractivity contribution < 1.29 is 18.3 Å². The van der Waals surface area contributed by atoms with Crippen LogP contribution in [0.2, 0.25) is 0 Å². The second kappa shape index (κ2) is 7.50. The lowest BCUT2D eigenvalue weighted by molar-refractivity contribution is 0.289. The van der Waals surface area contributed by atoms with Gasteiger partial charge in [-0.25, -0.2) is 13.6 Å². The highest BCUT2D eigenvalue weighted by molar-refractivity contribution is 5.43. The second-order valence-electron chi connectivity index (χ2n) is 6.83. The number of halogens is 2. The number of hydrogen-bond acceptors (Lipinski definition) is 6. The first-order valence-electron chi connectivity index (χ1n) is 8.98. The van der Waals surface area contributed by atoms with Gasteiger partial charge in [0.2, 0.25) is 5.88 Å². The molecule has 29 heavy (non-hydrogen) atoms. The van der Waals surface area contributed by atoms with E-state index in [1.54, 1.807) is 25.1 Å². The first kappa shape index (κ1) is 18.9. The van der Waals surface area contributed by atoms with Gasteiger partial charge in [0, 0.05) is 24.3 Å². The van der Waals surface area contributed by atoms with Gasteiger partial charge in [0.25, 0.3) is 0 Å². The zero-order valence-corrected chi connectivity index (χ0v) is 15.8. The number of aryl methyl sites for hydroxylation is 1. The van der Waals surface area contributed by atoms with Gasteiger partial charge < -0.3 is 14.8 Å². The van der Waals surface area contributed by atoms with Crippen molar-refractivity contribution in [1.29, 1.82) is 0 Å². The Labute approximate surface area is 165 Å². The highest BCUT2D eigenvalue weighted by Gasteiger charge is 2.20. The molecule has 0 aliphatic carbocycles. The van der Waals surface area contributed by atoms with Crippen molar-refractivity contribution in [1.82, 2.24) is 14.5 Å². The van der Waals surface area contributed by atoms with E-state index < -0.39 is 23.1 Å². The highest BCUT2D eigenvalue weighted by Crippen LogP contribution is 2.29. The summed E-state index contributed by atoms with van der Waals surface area (Å²) in [6.07, 6.45) is 1.39. The molecule has 3 aromatic rings. The summed E-state index contributed by atoms with van der Waals surface area (Å²) in [5, 5.41) is 3.13. The maximum absolute atomic E-state index is 14.4. The van der Waals surface area contributed by atoms with Crippen molar-refractivity contribution in [3.05, 3.63) is 69.9 Å². The number of pyridine rings is 1. The molecule has 1 atom stereocenters. The van der Waals surface area contributed by atoms with Crippen LogP contribution in [-0.2, 0) is 13.2 Å². The van der Waals surface area contributed by atoms with Gasteiger partial charge in [-0.1, -0.05) is 0 Å². The van der Waals surface area contributed by atoms with E-state index in [-0.39, 0.29) is 29.8 Å². The first-order chi connectivity index (χ1) is 13.9. The Hall–Kier alpha value is -3.49. The van der Waals surface area contributed by atoms with Gasteiger partial charge in [0.15, 0.2) is 17.4 Å². The molecule has 2 aromatic heterocycles. The predicted octanol–water partition coefficient (Wildman–Crippen LogP) is 3.41. The molecule has 0 fully saturated rings. The van der Waals surface area contributed by atoms with E-state index in [1.807, 2.05) is 6.92 Å². The van der Waals surface area contributed by atoms with Crippen molar-refractivity contribution in [2.75, 3.05) is 5.32 Å². The van der Waals surface area contributed by atoms with Gasteiger partial charge in [-0.05, 0) is 43.7 Å². The van der Waals surface area contributed by atoms with Crippen molar-refractivity contribution in [2.45, 2.75) is 33.0 Å². The molecule has 1 aromatic carbocycles. The van der Waals surface area contributed by atoms with Crippen molar-refractivity contribution in [3.8, 4) is 17.4 Å². The lowest BCUT2D eigenvalue weighted by Crippen LogP contribution is -2.22. The Bertz CT molecular complexity index is 1090. The quantitative estimate of drug-likeness (QED) is 0.707. The molecule has 1 N–H and O–H groups in total. The zero-order chi connectivity index (χ0) is 20.5. The molecule has 7 nitrogen and oxygen atoms in total. The number of nitrogens with zero attached hydrogens (tertiary/aromatic N) is 3. The van der Waals surface area contributed by atoms with E-state index in [4.69, 9.17) is 9.47 Å². The molecular formula is C20H18F2N4O3. The van der Waals surface area contributed by atoms with Crippen LogP contribution in [0, 0.1) is 18.6 Å². The fourth-order valence-electron chi connectivity index (χ4n) is 3.01. The van der Waals surface area contributed by atoms with Crippen LogP contribution in [0.25, 0.3) is 0 Å². The Morgan fingerprint density at radius 2 is 2.00 bits per heavy atom. The Morgan fingerprint density at radius 1 is 1.24 bits per heavy atom. The number of fused-ring (bicyclic) bond motifs is 1. The average Bonchev–Trinajstić information content (AvgIpc) is 3.05. The molecule has 9 heteroatoms. The number of anilines is 1. The smallest absolute Gasteiger partial charge is 0.352 e. The summed E-state index contributed by atoms with van der Waals surface area (Å²) in [6, 6.07) is 7.17. The van der Waals surface area contributed by atoms with Crippen LogP contribution in [-0.4, -0.2) is 20.6 Å². The van der Waals surface area contributed by atoms with E-state index in [0.29, 0.717) is 12.4 Å². The largest absolute Gasteiger partial charge is 0.473 e. The summed E-state index contributed by atoms with van der Waals surface area (Å²) >= 11 is 0. The SMILES string of the molecule is Cc1ccc(Oc2c(F)cc(COc3cc4n(c(=O)n3)C[C@H](C)N4)cc2F)cn1. The molecule has 0 unspecified atom stereocenters. The topological polar surface area (TPSA) is 78.3 Å². The van der Waals surface area contributed by atoms with Gasteiger partial charge in [-0.15, -0.1) is 0 Å². The fourth-order valence-corrected chi connectivity index (χ4v) is 3.01. The third-order valence-electron chi connectivity index (χ3n) is 4.39. The lowest BCUT2D eigenvalue weighted by Gasteiger charge is -2.11. The van der Waals surface area contributed by atoms with Crippen LogP contribution in [0.4, 0.5) is 14.6 Å². The van der Waals surface area contributed by atoms with Crippen molar-refractivity contribution in [2.24, 2.45) is 0 Å². The zero-order valence-electron chi connectivity index (χ0n) is 15.8. The fraction of sp³-hybridized carbons (Fsp3) is 0.250. The normalized spacial score (nSPS) is 15.0. The van der Waals surface area contributed by atoms with Crippen LogP contribution in [0.5, 0.6) is 17.4 Å². The number of ether oxygens (including phenoxy) is 2. The summed E-state index contributed by atoms with van der Waals surface area (Å²) in [7, 11) is 0. The molecule has 0 saturated heterocycles. The minimum atomic E-state index is -0.873. The van der Waals surface area contributed by atoms with Gasteiger partial charge in [0.05, 0.1) is 6.20 Å². The summed E-state index contributed by atoms with van der Waals surface area (Å²) in [4.78, 5) is 19.9. The first-order valence-corrected chi connectivity index (χ1v) is 8.98. The van der Waals surface area contributed by atoms with Crippen LogP contribution < -0.4 is 20.5 Å². The van der Waals surface area contributed by atoms with E-state index in [2.05, 4.69) is 15.3 Å². The van der Waals surface area contributed by atoms with E-state index in [0.717, 1.165) is 17.8 Å². The van der Waals surface area contributed by atoms with Crippen LogP contribution in [0.1, 0.15) is 18.2 Å². The van der Waals surface area contributed by atoms with Gasteiger partial charge in [-0.2, -0.15) is 4.98 Å². The standard InChI is InChI=1S/C20H18F2N4O3/c1-11-3-4-14(8-23-11)29-19-15(21)5-13(6-16(19)22)10-28-18-7-17-24-12(2)9-26(17)20(27)25-18/h3-8,12,24H,9-10H2,1-2H3/t12-/m0/s1. The van der Waals surface area contributed by atoms with E-state index in [1.165, 1.54) is 10.8 Å². The van der Waals surface area contributed by atoms with E-state index in [9.17, 15) is 13.6 Å². The van der Waals surface area contributed by atoms with Crippen LogP contribution in [0.15, 0.2) is 41.3 Å². The molecule has 1 aliphatic rings. The minimum absolute atomic E-state index is 0.0784. The summed E-state index contributed by atoms with van der Waals surface area (Å²) in [6.45, 7) is 4.09. The summed E-state index contributed by atoms with van der Waals surface area (Å²) in [5.41, 5.74) is 0.551. The highest BCUT2D eigenvalue weighted by atomic mass is 19.1. The number of rotatable bonds is 5. The molecule has 1 aliphatic heterocycles. The van der Waals surface area contributed by atoms with Crippen LogP contribution in [0.3, 0.4) is 0 Å². The van der Waals surface area contributed by atoms with Crippen LogP contribution >= 0.6 is 0 Å². The number of aromatic nitrogens is 3. The second-order valence-corrected chi connectivity index (χ2v) is 6.83. The molecule has 150 valence electrons. The summed E-state index contributed by atoms with van der Waals surface area (Å²) in [5.74, 6) is -1.37. The van der Waals surface area contributed by atoms with E-state index >= 15 is 0 Å². The average molecular weight is 400 g/mol. The molecule has 0 bridgehead atoms. The maximum Gasteiger partial charge on any atom is 0.352 e. The molecular weight excluding hydrogens is 382 g/mol. The number of nitrogens with one attached hydrogen (secondary N) is 1. The monoisotopic (exact) mass is 400 g/mol. The van der Waals surface area contributed by atoms with Gasteiger partial charge >= 0.3 is 5.69 Å². The Kier molecular flexibility index (Phi) is 4.87. The van der Waals surface area contributed by atoms with Crippen molar-refractivity contribution >= 4 is 5.82 Å². The predicted molar refractivity (Wildman–Crippen MR) is 101 cm³/mol. The third-order valence-corrected chi connectivity index (χ3v) is 4.39. The Morgan fingerprint density at radius 3 is 2.69 bits per heavy atom. The molecule has 0 spiro atoms. The molecule has 4 rings (SSSR count). The molecule has 0 amide bonds. The molecule has 3 heterocycles. The molecule has 0 saturated carbocycles. The summed E-state index contributed by atoms with van der Waals surface area (Å²) < 4.78 is 41.0. The Balaban J connectivity index is 1.49. The lowest BCUT2D eigenvalue weighted by atomic mass is 10.2.